The van der Waals surface area contributed by atoms with Gasteiger partial charge in [0.25, 0.3) is 0 Å². The molecule has 1 aliphatic rings. The number of hydrogen-bond donors (Lipinski definition) is 2. The van der Waals surface area contributed by atoms with E-state index in [-0.39, 0.29) is 11.6 Å². The molecule has 2 N–H and O–H groups in total. The van der Waals surface area contributed by atoms with Crippen LogP contribution in [0.25, 0.3) is 0 Å². The number of nitrogens with one attached hydrogen (secondary N) is 2. The first-order chi connectivity index (χ1) is 11.9. The second kappa shape index (κ2) is 7.22. The van der Waals surface area contributed by atoms with E-state index in [1.165, 1.54) is 0 Å². The predicted molar refractivity (Wildman–Crippen MR) is 109 cm³/mol. The predicted octanol–water partition coefficient (Wildman–Crippen LogP) is 5.05. The van der Waals surface area contributed by atoms with Gasteiger partial charge in [-0.25, -0.2) is 0 Å². The van der Waals surface area contributed by atoms with Gasteiger partial charge in [-0.3, -0.25) is 0 Å². The van der Waals surface area contributed by atoms with Crippen LogP contribution in [-0.2, 0) is 0 Å². The van der Waals surface area contributed by atoms with Gasteiger partial charge in [0, 0.05) is 22.1 Å². The second-order valence-corrected chi connectivity index (χ2v) is 7.95. The first-order valence-corrected chi connectivity index (χ1v) is 9.26. The van der Waals surface area contributed by atoms with Crippen LogP contribution in [0.2, 0.25) is 0 Å². The highest BCUT2D eigenvalue weighted by Gasteiger charge is 2.34. The average molecular weight is 421 g/mol. The molecule has 1 atom stereocenters. The van der Waals surface area contributed by atoms with Crippen LogP contribution >= 0.6 is 28.1 Å². The Balaban J connectivity index is 1.80. The highest BCUT2D eigenvalue weighted by molar-refractivity contribution is 9.10. The largest absolute Gasteiger partial charge is 0.497 e. The molecule has 0 fully saturated rings. The Morgan fingerprint density at radius 1 is 1.28 bits per heavy atom. The summed E-state index contributed by atoms with van der Waals surface area (Å²) >= 11 is 8.98. The van der Waals surface area contributed by atoms with Crippen molar-refractivity contribution in [2.45, 2.75) is 31.9 Å². The van der Waals surface area contributed by atoms with Crippen LogP contribution < -0.4 is 20.1 Å². The molecule has 1 aliphatic heterocycles. The van der Waals surface area contributed by atoms with Crippen LogP contribution in [0.1, 0.15) is 31.9 Å². The van der Waals surface area contributed by atoms with Crippen molar-refractivity contribution < 1.29 is 9.47 Å². The Morgan fingerprint density at radius 3 is 2.80 bits per heavy atom. The summed E-state index contributed by atoms with van der Waals surface area (Å²) in [6.45, 7) is 4.17. The minimum Gasteiger partial charge on any atom is -0.497 e. The second-order valence-electron chi connectivity index (χ2n) is 6.63. The molecule has 25 heavy (non-hydrogen) atoms. The minimum absolute atomic E-state index is 0.0426. The summed E-state index contributed by atoms with van der Waals surface area (Å²) in [5.74, 6) is 1.67. The molecule has 0 unspecified atom stereocenters. The molecule has 0 aliphatic carbocycles. The fraction of sp³-hybridized carbons (Fsp3) is 0.316. The molecule has 0 spiro atoms. The van der Waals surface area contributed by atoms with Crippen LogP contribution in [-0.4, -0.2) is 17.8 Å². The highest BCUT2D eigenvalue weighted by Crippen LogP contribution is 2.41. The van der Waals surface area contributed by atoms with E-state index in [1.54, 1.807) is 7.11 Å². The lowest BCUT2D eigenvalue weighted by Gasteiger charge is -2.38. The summed E-state index contributed by atoms with van der Waals surface area (Å²) < 4.78 is 12.5. The Bertz CT molecular complexity index is 795. The first-order valence-electron chi connectivity index (χ1n) is 8.06. The Morgan fingerprint density at radius 2 is 2.08 bits per heavy atom. The smallest absolute Gasteiger partial charge is 0.171 e. The molecule has 0 saturated heterocycles. The molecule has 0 bridgehead atoms. The van der Waals surface area contributed by atoms with Gasteiger partial charge in [-0.1, -0.05) is 22.0 Å². The summed E-state index contributed by atoms with van der Waals surface area (Å²) in [7, 11) is 1.66. The molecular formula is C19H21BrN2O2S. The zero-order valence-corrected chi connectivity index (χ0v) is 16.8. The maximum atomic E-state index is 6.10. The molecule has 0 radical (unpaired) electrons. The number of halogens is 1. The minimum atomic E-state index is -0.273. The van der Waals surface area contributed by atoms with Crippen LogP contribution in [0.4, 0.5) is 5.69 Å². The molecule has 6 heteroatoms. The number of fused-ring (bicyclic) bond motifs is 1. The van der Waals surface area contributed by atoms with Crippen molar-refractivity contribution in [2.75, 3.05) is 12.4 Å². The van der Waals surface area contributed by atoms with Crippen molar-refractivity contribution in [3.8, 4) is 11.5 Å². The van der Waals surface area contributed by atoms with Gasteiger partial charge in [0.1, 0.15) is 17.1 Å². The summed E-state index contributed by atoms with van der Waals surface area (Å²) in [6.07, 6.45) is 0.799. The number of benzene rings is 2. The summed E-state index contributed by atoms with van der Waals surface area (Å²) in [5, 5.41) is 7.23. The lowest BCUT2D eigenvalue weighted by atomic mass is 9.89. The van der Waals surface area contributed by atoms with Gasteiger partial charge in [0.2, 0.25) is 0 Å². The summed E-state index contributed by atoms with van der Waals surface area (Å²) in [5.41, 5.74) is 1.71. The molecule has 0 saturated carbocycles. The van der Waals surface area contributed by atoms with E-state index >= 15 is 0 Å². The van der Waals surface area contributed by atoms with Crippen LogP contribution in [0, 0.1) is 0 Å². The van der Waals surface area contributed by atoms with E-state index in [0.29, 0.717) is 5.11 Å². The molecule has 1 heterocycles. The zero-order valence-electron chi connectivity index (χ0n) is 14.4. The molecular weight excluding hydrogens is 400 g/mol. The zero-order chi connectivity index (χ0) is 18.0. The van der Waals surface area contributed by atoms with Crippen molar-refractivity contribution in [1.82, 2.24) is 5.32 Å². The highest BCUT2D eigenvalue weighted by atomic mass is 79.9. The summed E-state index contributed by atoms with van der Waals surface area (Å²) in [4.78, 5) is 0. The van der Waals surface area contributed by atoms with Crippen LogP contribution in [0.15, 0.2) is 46.9 Å². The molecule has 0 amide bonds. The fourth-order valence-corrected chi connectivity index (χ4v) is 3.64. The average Bonchev–Trinajstić information content (AvgIpc) is 2.53. The van der Waals surface area contributed by atoms with E-state index in [9.17, 15) is 0 Å². The van der Waals surface area contributed by atoms with E-state index in [2.05, 4.69) is 40.4 Å². The lowest BCUT2D eigenvalue weighted by Crippen LogP contribution is -2.42. The van der Waals surface area contributed by atoms with Gasteiger partial charge in [-0.2, -0.15) is 0 Å². The van der Waals surface area contributed by atoms with E-state index < -0.39 is 0 Å². The van der Waals surface area contributed by atoms with Crippen molar-refractivity contribution in [3.63, 3.8) is 0 Å². The molecule has 4 nitrogen and oxygen atoms in total. The van der Waals surface area contributed by atoms with Gasteiger partial charge >= 0.3 is 0 Å². The maximum absolute atomic E-state index is 6.10. The third-order valence-electron chi connectivity index (χ3n) is 4.06. The maximum Gasteiger partial charge on any atom is 0.171 e. The first kappa shape index (κ1) is 18.0. The van der Waals surface area contributed by atoms with E-state index in [0.717, 1.165) is 33.6 Å². The van der Waals surface area contributed by atoms with Gasteiger partial charge in [0.05, 0.1) is 13.2 Å². The third-order valence-corrected chi connectivity index (χ3v) is 4.78. The van der Waals surface area contributed by atoms with Gasteiger partial charge in [-0.15, -0.1) is 0 Å². The van der Waals surface area contributed by atoms with Crippen molar-refractivity contribution in [1.29, 1.82) is 0 Å². The third kappa shape index (κ3) is 4.44. The standard InChI is InChI=1S/C19H21BrN2O2S/c1-19(2)11-16(15-10-14(23-3)7-8-17(15)24-19)22-18(25)21-13-6-4-5-12(20)9-13/h4-10,16H,11H2,1-3H3,(H2,21,22,25)/t16-/m0/s1. The molecule has 2 aromatic rings. The number of ether oxygens (including phenoxy) is 2. The fourth-order valence-electron chi connectivity index (χ4n) is 2.98. The number of thiocarbonyl (C=S) groups is 1. The summed E-state index contributed by atoms with van der Waals surface area (Å²) in [6, 6.07) is 13.8. The number of methoxy groups -OCH3 is 1. The number of hydrogen-bond acceptors (Lipinski definition) is 3. The van der Waals surface area contributed by atoms with Crippen molar-refractivity contribution >= 4 is 38.9 Å². The van der Waals surface area contributed by atoms with Crippen molar-refractivity contribution in [3.05, 3.63) is 52.5 Å². The van der Waals surface area contributed by atoms with Crippen molar-refractivity contribution in [2.24, 2.45) is 0 Å². The Labute approximate surface area is 162 Å². The topological polar surface area (TPSA) is 42.5 Å². The molecule has 2 aromatic carbocycles. The van der Waals surface area contributed by atoms with Gasteiger partial charge in [0.15, 0.2) is 5.11 Å². The van der Waals surface area contributed by atoms with Crippen LogP contribution in [0.5, 0.6) is 11.5 Å². The normalized spacial score (nSPS) is 17.8. The lowest BCUT2D eigenvalue weighted by molar-refractivity contribution is 0.0695. The number of anilines is 1. The van der Waals surface area contributed by atoms with Gasteiger partial charge in [-0.05, 0) is 62.5 Å². The Hall–Kier alpha value is -1.79. The van der Waals surface area contributed by atoms with Gasteiger partial charge < -0.3 is 20.1 Å². The SMILES string of the molecule is COc1ccc2c(c1)[C@@H](NC(=S)Nc1cccc(Br)c1)CC(C)(C)O2. The Kier molecular flexibility index (Phi) is 5.20. The van der Waals surface area contributed by atoms with E-state index in [4.69, 9.17) is 21.7 Å². The monoisotopic (exact) mass is 420 g/mol. The number of rotatable bonds is 3. The van der Waals surface area contributed by atoms with Crippen LogP contribution in [0.3, 0.4) is 0 Å². The molecule has 0 aromatic heterocycles. The molecule has 132 valence electrons. The quantitative estimate of drug-likeness (QED) is 0.680. The van der Waals surface area contributed by atoms with E-state index in [1.807, 2.05) is 42.5 Å². The molecule has 3 rings (SSSR count).